The Kier molecular flexibility index (Phi) is 2.50. The first-order chi connectivity index (χ1) is 8.24. The van der Waals surface area contributed by atoms with Crippen LogP contribution in [0, 0.1) is 5.92 Å². The van der Waals surface area contributed by atoms with Crippen LogP contribution in [0.3, 0.4) is 0 Å². The summed E-state index contributed by atoms with van der Waals surface area (Å²) in [5, 5.41) is 0. The summed E-state index contributed by atoms with van der Waals surface area (Å²) < 4.78 is 11.1. The molecule has 0 saturated carbocycles. The van der Waals surface area contributed by atoms with Crippen molar-refractivity contribution < 1.29 is 9.47 Å². The van der Waals surface area contributed by atoms with Gasteiger partial charge >= 0.3 is 0 Å². The molecule has 2 aliphatic heterocycles. The third kappa shape index (κ3) is 1.88. The summed E-state index contributed by atoms with van der Waals surface area (Å²) in [5.41, 5.74) is 7.96. The molecule has 0 amide bonds. The molecule has 4 heteroatoms. The Balaban J connectivity index is 1.94. The van der Waals surface area contributed by atoms with E-state index in [1.165, 1.54) is 6.42 Å². The minimum Gasteiger partial charge on any atom is -0.486 e. The third-order valence-electron chi connectivity index (χ3n) is 3.46. The zero-order chi connectivity index (χ0) is 11.8. The van der Waals surface area contributed by atoms with E-state index in [0.29, 0.717) is 13.2 Å². The predicted molar refractivity (Wildman–Crippen MR) is 67.8 cm³/mol. The van der Waals surface area contributed by atoms with E-state index in [9.17, 15) is 0 Å². The molecule has 2 aliphatic rings. The van der Waals surface area contributed by atoms with Crippen LogP contribution in [0.5, 0.6) is 11.5 Å². The fourth-order valence-corrected chi connectivity index (χ4v) is 2.52. The van der Waals surface area contributed by atoms with Crippen LogP contribution >= 0.6 is 0 Å². The molecule has 1 unspecified atom stereocenters. The van der Waals surface area contributed by atoms with Crippen LogP contribution < -0.4 is 20.1 Å². The number of hydrogen-bond donors (Lipinski definition) is 1. The van der Waals surface area contributed by atoms with Gasteiger partial charge in [0.2, 0.25) is 0 Å². The van der Waals surface area contributed by atoms with Crippen molar-refractivity contribution in [2.45, 2.75) is 13.3 Å². The van der Waals surface area contributed by atoms with Crippen molar-refractivity contribution in [3.8, 4) is 11.5 Å². The fourth-order valence-electron chi connectivity index (χ4n) is 2.52. The third-order valence-corrected chi connectivity index (χ3v) is 3.46. The van der Waals surface area contributed by atoms with Crippen molar-refractivity contribution in [3.63, 3.8) is 0 Å². The Morgan fingerprint density at radius 1 is 1.24 bits per heavy atom. The van der Waals surface area contributed by atoms with Gasteiger partial charge in [-0.15, -0.1) is 0 Å². The minimum absolute atomic E-state index is 0.604. The van der Waals surface area contributed by atoms with Gasteiger partial charge in [0.05, 0.1) is 11.4 Å². The fraction of sp³-hybridized carbons (Fsp3) is 0.538. The molecule has 0 radical (unpaired) electrons. The van der Waals surface area contributed by atoms with Crippen molar-refractivity contribution in [3.05, 3.63) is 12.1 Å². The topological polar surface area (TPSA) is 47.7 Å². The van der Waals surface area contributed by atoms with E-state index < -0.39 is 0 Å². The molecule has 2 N–H and O–H groups in total. The molecule has 0 bridgehead atoms. The standard InChI is InChI=1S/C13H18N2O2/c1-9-2-3-15(8-9)11-7-13-12(6-10(11)14)16-4-5-17-13/h6-7,9H,2-5,8,14H2,1H3. The largest absolute Gasteiger partial charge is 0.486 e. The molecule has 1 fully saturated rings. The quantitative estimate of drug-likeness (QED) is 0.754. The van der Waals surface area contributed by atoms with E-state index >= 15 is 0 Å². The molecule has 2 heterocycles. The van der Waals surface area contributed by atoms with E-state index in [1.807, 2.05) is 12.1 Å². The molecule has 1 aromatic carbocycles. The van der Waals surface area contributed by atoms with Crippen molar-refractivity contribution in [2.75, 3.05) is 36.9 Å². The lowest BCUT2D eigenvalue weighted by Crippen LogP contribution is -2.22. The van der Waals surface area contributed by atoms with Crippen molar-refractivity contribution >= 4 is 11.4 Å². The number of hydrogen-bond acceptors (Lipinski definition) is 4. The zero-order valence-electron chi connectivity index (χ0n) is 10.1. The van der Waals surface area contributed by atoms with E-state index in [0.717, 1.165) is 41.9 Å². The van der Waals surface area contributed by atoms with Gasteiger partial charge in [-0.05, 0) is 12.3 Å². The van der Waals surface area contributed by atoms with Crippen LogP contribution in [0.25, 0.3) is 0 Å². The number of rotatable bonds is 1. The molecule has 1 aromatic rings. The summed E-state index contributed by atoms with van der Waals surface area (Å²) in [5.74, 6) is 2.33. The SMILES string of the molecule is CC1CCN(c2cc3c(cc2N)OCCO3)C1. The maximum atomic E-state index is 6.09. The number of nitrogens with two attached hydrogens (primary N) is 1. The minimum atomic E-state index is 0.604. The average molecular weight is 234 g/mol. The Bertz CT molecular complexity index is 434. The summed E-state index contributed by atoms with van der Waals surface area (Å²) >= 11 is 0. The molecule has 0 spiro atoms. The molecular weight excluding hydrogens is 216 g/mol. The predicted octanol–water partition coefficient (Wildman–Crippen LogP) is 1.89. The second-order valence-electron chi connectivity index (χ2n) is 4.89. The Labute approximate surface area is 101 Å². The van der Waals surface area contributed by atoms with Crippen LogP contribution in [0.15, 0.2) is 12.1 Å². The number of ether oxygens (including phenoxy) is 2. The van der Waals surface area contributed by atoms with Gasteiger partial charge in [0.1, 0.15) is 13.2 Å². The van der Waals surface area contributed by atoms with Crippen LogP contribution in [0.1, 0.15) is 13.3 Å². The highest BCUT2D eigenvalue weighted by molar-refractivity contribution is 5.73. The molecule has 3 rings (SSSR count). The molecule has 1 saturated heterocycles. The Morgan fingerprint density at radius 3 is 2.59 bits per heavy atom. The summed E-state index contributed by atoms with van der Waals surface area (Å²) in [6.45, 7) is 5.64. The van der Waals surface area contributed by atoms with E-state index in [1.54, 1.807) is 0 Å². The molecular formula is C13H18N2O2. The summed E-state index contributed by atoms with van der Waals surface area (Å²) in [6.07, 6.45) is 1.23. The highest BCUT2D eigenvalue weighted by atomic mass is 16.6. The number of anilines is 2. The lowest BCUT2D eigenvalue weighted by molar-refractivity contribution is 0.172. The maximum absolute atomic E-state index is 6.09. The summed E-state index contributed by atoms with van der Waals surface area (Å²) in [6, 6.07) is 3.90. The van der Waals surface area contributed by atoms with E-state index in [4.69, 9.17) is 15.2 Å². The smallest absolute Gasteiger partial charge is 0.163 e. The lowest BCUT2D eigenvalue weighted by atomic mass is 10.2. The van der Waals surface area contributed by atoms with Gasteiger partial charge in [0.25, 0.3) is 0 Å². The van der Waals surface area contributed by atoms with E-state index in [2.05, 4.69) is 11.8 Å². The molecule has 1 atom stereocenters. The Morgan fingerprint density at radius 2 is 1.94 bits per heavy atom. The monoisotopic (exact) mass is 234 g/mol. The van der Waals surface area contributed by atoms with Gasteiger partial charge in [0.15, 0.2) is 11.5 Å². The van der Waals surface area contributed by atoms with Crippen LogP contribution in [0.2, 0.25) is 0 Å². The van der Waals surface area contributed by atoms with Gasteiger partial charge in [0, 0.05) is 25.2 Å². The zero-order valence-corrected chi connectivity index (χ0v) is 10.1. The van der Waals surface area contributed by atoms with Gasteiger partial charge in [-0.2, -0.15) is 0 Å². The molecule has 0 aromatic heterocycles. The number of benzene rings is 1. The van der Waals surface area contributed by atoms with Gasteiger partial charge in [-0.25, -0.2) is 0 Å². The number of nitrogen functional groups attached to an aromatic ring is 1. The van der Waals surface area contributed by atoms with Gasteiger partial charge < -0.3 is 20.1 Å². The second-order valence-corrected chi connectivity index (χ2v) is 4.89. The van der Waals surface area contributed by atoms with Crippen LogP contribution in [0.4, 0.5) is 11.4 Å². The highest BCUT2D eigenvalue weighted by Crippen LogP contribution is 2.39. The van der Waals surface area contributed by atoms with Crippen LogP contribution in [-0.4, -0.2) is 26.3 Å². The molecule has 4 nitrogen and oxygen atoms in total. The highest BCUT2D eigenvalue weighted by Gasteiger charge is 2.23. The molecule has 0 aliphatic carbocycles. The lowest BCUT2D eigenvalue weighted by Gasteiger charge is -2.24. The van der Waals surface area contributed by atoms with Gasteiger partial charge in [-0.3, -0.25) is 0 Å². The first-order valence-electron chi connectivity index (χ1n) is 6.18. The second kappa shape index (κ2) is 4.02. The Hall–Kier alpha value is -1.58. The number of fused-ring (bicyclic) bond motifs is 1. The van der Waals surface area contributed by atoms with Crippen molar-refractivity contribution in [1.82, 2.24) is 0 Å². The summed E-state index contributed by atoms with van der Waals surface area (Å²) in [7, 11) is 0. The first kappa shape index (κ1) is 10.6. The molecule has 17 heavy (non-hydrogen) atoms. The normalized spacial score (nSPS) is 22.9. The van der Waals surface area contributed by atoms with Crippen LogP contribution in [-0.2, 0) is 0 Å². The number of nitrogens with zero attached hydrogens (tertiary/aromatic N) is 1. The van der Waals surface area contributed by atoms with Crippen molar-refractivity contribution in [2.24, 2.45) is 5.92 Å². The maximum Gasteiger partial charge on any atom is 0.163 e. The van der Waals surface area contributed by atoms with Gasteiger partial charge in [-0.1, -0.05) is 6.92 Å². The first-order valence-corrected chi connectivity index (χ1v) is 6.18. The van der Waals surface area contributed by atoms with Crippen molar-refractivity contribution in [1.29, 1.82) is 0 Å². The molecule has 92 valence electrons. The van der Waals surface area contributed by atoms with E-state index in [-0.39, 0.29) is 0 Å². The average Bonchev–Trinajstić information content (AvgIpc) is 2.75. The summed E-state index contributed by atoms with van der Waals surface area (Å²) in [4.78, 5) is 2.33.